The Morgan fingerprint density at radius 1 is 1.43 bits per heavy atom. The van der Waals surface area contributed by atoms with Crippen molar-refractivity contribution in [2.24, 2.45) is 0 Å². The zero-order valence-electron chi connectivity index (χ0n) is 11.9. The lowest BCUT2D eigenvalue weighted by Crippen LogP contribution is -2.32. The first kappa shape index (κ1) is 15.7. The molecule has 1 aromatic carbocycles. The molecule has 0 aliphatic carbocycles. The van der Waals surface area contributed by atoms with Crippen LogP contribution in [0.5, 0.6) is 0 Å². The summed E-state index contributed by atoms with van der Waals surface area (Å²) >= 11 is 0. The molecule has 2 rings (SSSR count). The molecule has 0 aromatic heterocycles. The van der Waals surface area contributed by atoms with E-state index in [4.69, 9.17) is 5.11 Å². The number of hydrogen-bond acceptors (Lipinski definition) is 4. The molecule has 1 aromatic rings. The normalized spacial score (nSPS) is 21.1. The molecule has 21 heavy (non-hydrogen) atoms. The summed E-state index contributed by atoms with van der Waals surface area (Å²) in [5, 5.41) is 8.71. The van der Waals surface area contributed by atoms with Gasteiger partial charge in [0.1, 0.15) is 0 Å². The molecule has 114 valence electrons. The number of rotatable bonds is 5. The van der Waals surface area contributed by atoms with E-state index in [1.54, 1.807) is 6.08 Å². The second-order valence-corrected chi connectivity index (χ2v) is 7.57. The Morgan fingerprint density at radius 3 is 2.76 bits per heavy atom. The first-order valence-corrected chi connectivity index (χ1v) is 8.59. The van der Waals surface area contributed by atoms with E-state index in [2.05, 4.69) is 0 Å². The van der Waals surface area contributed by atoms with Crippen molar-refractivity contribution in [1.82, 2.24) is 4.90 Å². The molecule has 1 saturated heterocycles. The van der Waals surface area contributed by atoms with Crippen molar-refractivity contribution in [2.75, 3.05) is 18.6 Å². The van der Waals surface area contributed by atoms with Crippen LogP contribution in [0.1, 0.15) is 17.5 Å². The molecule has 1 unspecified atom stereocenters. The Morgan fingerprint density at radius 2 is 2.14 bits per heavy atom. The van der Waals surface area contributed by atoms with E-state index in [1.807, 2.05) is 36.2 Å². The summed E-state index contributed by atoms with van der Waals surface area (Å²) in [6, 6.07) is 7.57. The minimum Gasteiger partial charge on any atom is -0.478 e. The molecular weight excluding hydrogens is 290 g/mol. The number of hydrogen-bond donors (Lipinski definition) is 1. The highest BCUT2D eigenvalue weighted by atomic mass is 32.2. The van der Waals surface area contributed by atoms with Crippen molar-refractivity contribution in [1.29, 1.82) is 0 Å². The second-order valence-electron chi connectivity index (χ2n) is 5.34. The second kappa shape index (κ2) is 6.41. The molecular formula is C15H19NO4S. The van der Waals surface area contributed by atoms with Crippen LogP contribution in [-0.2, 0) is 21.2 Å². The molecule has 1 heterocycles. The van der Waals surface area contributed by atoms with Gasteiger partial charge in [0, 0.05) is 18.7 Å². The minimum absolute atomic E-state index is 0.0338. The van der Waals surface area contributed by atoms with Crippen molar-refractivity contribution in [2.45, 2.75) is 19.0 Å². The monoisotopic (exact) mass is 309 g/mol. The van der Waals surface area contributed by atoms with Crippen LogP contribution in [0.4, 0.5) is 0 Å². The van der Waals surface area contributed by atoms with Crippen molar-refractivity contribution in [3.63, 3.8) is 0 Å². The smallest absolute Gasteiger partial charge is 0.328 e. The van der Waals surface area contributed by atoms with Gasteiger partial charge in [-0.15, -0.1) is 0 Å². The van der Waals surface area contributed by atoms with Crippen LogP contribution in [0.25, 0.3) is 6.08 Å². The molecule has 0 spiro atoms. The van der Waals surface area contributed by atoms with Gasteiger partial charge in [0.05, 0.1) is 11.5 Å². The zero-order chi connectivity index (χ0) is 15.5. The highest BCUT2D eigenvalue weighted by Crippen LogP contribution is 2.20. The van der Waals surface area contributed by atoms with E-state index in [9.17, 15) is 13.2 Å². The minimum atomic E-state index is -2.90. The topological polar surface area (TPSA) is 74.7 Å². The van der Waals surface area contributed by atoms with Crippen LogP contribution in [0.2, 0.25) is 0 Å². The fourth-order valence-electron chi connectivity index (χ4n) is 2.52. The van der Waals surface area contributed by atoms with Gasteiger partial charge in [0.15, 0.2) is 9.84 Å². The van der Waals surface area contributed by atoms with Crippen molar-refractivity contribution >= 4 is 21.9 Å². The van der Waals surface area contributed by atoms with E-state index >= 15 is 0 Å². The van der Waals surface area contributed by atoms with Crippen LogP contribution >= 0.6 is 0 Å². The third kappa shape index (κ3) is 4.41. The van der Waals surface area contributed by atoms with Gasteiger partial charge in [-0.2, -0.15) is 0 Å². The van der Waals surface area contributed by atoms with E-state index in [0.29, 0.717) is 13.0 Å². The summed E-state index contributed by atoms with van der Waals surface area (Å²) in [6.07, 6.45) is 3.34. The largest absolute Gasteiger partial charge is 0.478 e. The predicted molar refractivity (Wildman–Crippen MR) is 81.6 cm³/mol. The van der Waals surface area contributed by atoms with Gasteiger partial charge in [-0.3, -0.25) is 4.90 Å². The van der Waals surface area contributed by atoms with Crippen LogP contribution < -0.4 is 0 Å². The van der Waals surface area contributed by atoms with Gasteiger partial charge in [-0.05, 0) is 30.7 Å². The fraction of sp³-hybridized carbons (Fsp3) is 0.400. The third-order valence-corrected chi connectivity index (χ3v) is 5.46. The molecule has 0 amide bonds. The predicted octanol–water partition coefficient (Wildman–Crippen LogP) is 1.40. The van der Waals surface area contributed by atoms with Crippen LogP contribution in [0, 0.1) is 0 Å². The van der Waals surface area contributed by atoms with Crippen molar-refractivity contribution < 1.29 is 18.3 Å². The average Bonchev–Trinajstić information content (AvgIpc) is 2.78. The lowest BCUT2D eigenvalue weighted by atomic mass is 10.1. The number of aliphatic carboxylic acids is 1. The number of carboxylic acids is 1. The Labute approximate surface area is 124 Å². The Hall–Kier alpha value is -1.66. The molecule has 1 N–H and O–H groups in total. The Kier molecular flexibility index (Phi) is 4.80. The summed E-state index contributed by atoms with van der Waals surface area (Å²) in [5.41, 5.74) is 1.83. The SMILES string of the molecule is CN(Cc1ccccc1C=CC(=O)O)C1CCS(=O)(=O)C1. The number of nitrogens with zero attached hydrogens (tertiary/aromatic N) is 1. The maximum absolute atomic E-state index is 11.5. The first-order valence-electron chi connectivity index (χ1n) is 6.77. The maximum Gasteiger partial charge on any atom is 0.328 e. The molecule has 1 atom stereocenters. The van der Waals surface area contributed by atoms with Gasteiger partial charge >= 0.3 is 5.97 Å². The van der Waals surface area contributed by atoms with Gasteiger partial charge in [0.2, 0.25) is 0 Å². The van der Waals surface area contributed by atoms with Gasteiger partial charge in [-0.1, -0.05) is 24.3 Å². The molecule has 0 bridgehead atoms. The number of carboxylic acid groups (broad SMARTS) is 1. The average molecular weight is 309 g/mol. The van der Waals surface area contributed by atoms with Crippen LogP contribution in [0.3, 0.4) is 0 Å². The number of benzene rings is 1. The van der Waals surface area contributed by atoms with Crippen molar-refractivity contribution in [3.8, 4) is 0 Å². The number of sulfone groups is 1. The molecule has 0 saturated carbocycles. The summed E-state index contributed by atoms with van der Waals surface area (Å²) in [6.45, 7) is 0.598. The Bertz CT molecular complexity index is 651. The lowest BCUT2D eigenvalue weighted by Gasteiger charge is -2.23. The van der Waals surface area contributed by atoms with Crippen LogP contribution in [0.15, 0.2) is 30.3 Å². The summed E-state index contributed by atoms with van der Waals surface area (Å²) in [5.74, 6) is -0.529. The van der Waals surface area contributed by atoms with E-state index < -0.39 is 15.8 Å². The van der Waals surface area contributed by atoms with Gasteiger partial charge in [0.25, 0.3) is 0 Å². The van der Waals surface area contributed by atoms with E-state index in [-0.39, 0.29) is 17.5 Å². The molecule has 1 aliphatic rings. The standard InChI is InChI=1S/C15H19NO4S/c1-16(14-8-9-21(19,20)11-14)10-13-5-3-2-4-12(13)6-7-15(17)18/h2-7,14H,8-11H2,1H3,(H,17,18). The van der Waals surface area contributed by atoms with E-state index in [0.717, 1.165) is 17.2 Å². The zero-order valence-corrected chi connectivity index (χ0v) is 12.7. The summed E-state index contributed by atoms with van der Waals surface area (Å²) < 4.78 is 23.1. The molecule has 6 heteroatoms. The summed E-state index contributed by atoms with van der Waals surface area (Å²) in [7, 11) is -0.992. The van der Waals surface area contributed by atoms with Gasteiger partial charge < -0.3 is 5.11 Å². The molecule has 5 nitrogen and oxygen atoms in total. The fourth-order valence-corrected chi connectivity index (χ4v) is 4.33. The first-order chi connectivity index (χ1) is 9.87. The third-order valence-electron chi connectivity index (χ3n) is 3.71. The highest BCUT2D eigenvalue weighted by Gasteiger charge is 2.30. The maximum atomic E-state index is 11.5. The molecule has 1 fully saturated rings. The van der Waals surface area contributed by atoms with Gasteiger partial charge in [-0.25, -0.2) is 13.2 Å². The van der Waals surface area contributed by atoms with Crippen molar-refractivity contribution in [3.05, 3.63) is 41.5 Å². The summed E-state index contributed by atoms with van der Waals surface area (Å²) in [4.78, 5) is 12.6. The number of carbonyl (C=O) groups is 1. The Balaban J connectivity index is 2.11. The molecule has 1 aliphatic heterocycles. The van der Waals surface area contributed by atoms with Crippen LogP contribution in [-0.4, -0.2) is 49.0 Å². The molecule has 0 radical (unpaired) electrons. The highest BCUT2D eigenvalue weighted by molar-refractivity contribution is 7.91. The lowest BCUT2D eigenvalue weighted by molar-refractivity contribution is -0.131. The van der Waals surface area contributed by atoms with E-state index in [1.165, 1.54) is 0 Å². The quantitative estimate of drug-likeness (QED) is 0.832.